The molecule has 134 valence electrons. The first-order chi connectivity index (χ1) is 12.6. The van der Waals surface area contributed by atoms with Crippen LogP contribution in [0.4, 0.5) is 4.39 Å². The minimum absolute atomic E-state index is 0.175. The van der Waals surface area contributed by atoms with Gasteiger partial charge in [0.15, 0.2) is 4.32 Å². The van der Waals surface area contributed by atoms with Crippen LogP contribution in [0, 0.1) is 5.82 Å². The zero-order valence-corrected chi connectivity index (χ0v) is 15.3. The lowest BCUT2D eigenvalue weighted by Crippen LogP contribution is -2.50. The highest BCUT2D eigenvalue weighted by Gasteiger charge is 2.37. The molecule has 8 heteroatoms. The van der Waals surface area contributed by atoms with E-state index >= 15 is 0 Å². The number of halogens is 1. The molecule has 0 atom stereocenters. The normalized spacial score (nSPS) is 20.3. The summed E-state index contributed by atoms with van der Waals surface area (Å²) in [6.07, 6.45) is 1.64. The van der Waals surface area contributed by atoms with E-state index in [4.69, 9.17) is 21.4 Å². The van der Waals surface area contributed by atoms with E-state index in [1.807, 2.05) is 5.01 Å². The second kappa shape index (κ2) is 7.32. The van der Waals surface area contributed by atoms with Crippen LogP contribution in [0.15, 0.2) is 45.7 Å². The minimum Gasteiger partial charge on any atom is -0.457 e. The Bertz CT molecular complexity index is 890. The van der Waals surface area contributed by atoms with E-state index in [0.717, 1.165) is 0 Å². The predicted molar refractivity (Wildman–Crippen MR) is 102 cm³/mol. The Balaban J connectivity index is 1.56. The lowest BCUT2D eigenvalue weighted by atomic mass is 10.1. The van der Waals surface area contributed by atoms with E-state index in [-0.39, 0.29) is 11.7 Å². The molecule has 2 fully saturated rings. The van der Waals surface area contributed by atoms with Gasteiger partial charge in [-0.3, -0.25) is 4.79 Å². The molecule has 2 aliphatic heterocycles. The van der Waals surface area contributed by atoms with Crippen molar-refractivity contribution in [2.75, 3.05) is 26.3 Å². The second-order valence-electron chi connectivity index (χ2n) is 5.74. The molecule has 2 aromatic rings. The molecule has 0 bridgehead atoms. The average molecular weight is 390 g/mol. The number of morpholine rings is 1. The van der Waals surface area contributed by atoms with Gasteiger partial charge in [0, 0.05) is 19.2 Å². The molecule has 0 saturated carbocycles. The predicted octanol–water partition coefficient (Wildman–Crippen LogP) is 3.53. The molecule has 0 spiro atoms. The number of hydrogen-bond acceptors (Lipinski definition) is 6. The monoisotopic (exact) mass is 390 g/mol. The number of furan rings is 1. The minimum atomic E-state index is -0.355. The van der Waals surface area contributed by atoms with Gasteiger partial charge in [-0.25, -0.2) is 14.4 Å². The molecule has 1 amide bonds. The van der Waals surface area contributed by atoms with Crippen LogP contribution < -0.4 is 0 Å². The summed E-state index contributed by atoms with van der Waals surface area (Å²) in [6.45, 7) is 2.39. The molecular weight excluding hydrogens is 375 g/mol. The van der Waals surface area contributed by atoms with Crippen LogP contribution in [0.3, 0.4) is 0 Å². The fourth-order valence-corrected chi connectivity index (χ4v) is 4.11. The number of benzene rings is 1. The topological polar surface area (TPSA) is 45.9 Å². The second-order valence-corrected chi connectivity index (χ2v) is 7.42. The molecule has 0 N–H and O–H groups in total. The smallest absolute Gasteiger partial charge is 0.281 e. The lowest BCUT2D eigenvalue weighted by molar-refractivity contribution is -0.138. The largest absolute Gasteiger partial charge is 0.457 e. The Morgan fingerprint density at radius 2 is 1.92 bits per heavy atom. The van der Waals surface area contributed by atoms with Crippen molar-refractivity contribution in [2.45, 2.75) is 0 Å². The maximum absolute atomic E-state index is 13.9. The van der Waals surface area contributed by atoms with Gasteiger partial charge in [0.25, 0.3) is 5.91 Å². The van der Waals surface area contributed by atoms with Crippen LogP contribution in [0.2, 0.25) is 0 Å². The molecule has 2 saturated heterocycles. The van der Waals surface area contributed by atoms with Crippen LogP contribution in [-0.4, -0.2) is 46.5 Å². The third kappa shape index (κ3) is 3.33. The van der Waals surface area contributed by atoms with Crippen LogP contribution in [0.1, 0.15) is 5.76 Å². The van der Waals surface area contributed by atoms with Gasteiger partial charge in [0.05, 0.1) is 23.7 Å². The van der Waals surface area contributed by atoms with Crippen LogP contribution >= 0.6 is 24.0 Å². The van der Waals surface area contributed by atoms with Gasteiger partial charge in [0.2, 0.25) is 0 Å². The Labute approximate surface area is 159 Å². The number of carbonyl (C=O) groups is 1. The Morgan fingerprint density at radius 3 is 2.69 bits per heavy atom. The highest BCUT2D eigenvalue weighted by molar-refractivity contribution is 8.26. The highest BCUT2D eigenvalue weighted by Crippen LogP contribution is 2.35. The first-order valence-electron chi connectivity index (χ1n) is 8.09. The number of hydrazine groups is 1. The third-order valence-corrected chi connectivity index (χ3v) is 5.37. The standard InChI is InChI=1S/C18H15FN2O3S2/c19-14-4-2-1-3-13(14)15-6-5-12(24-15)11-16-17(22)21(18(25)26-16)20-7-9-23-10-8-20/h1-6,11H,7-10H2. The van der Waals surface area contributed by atoms with Gasteiger partial charge in [-0.05, 0) is 24.3 Å². The van der Waals surface area contributed by atoms with Crippen LogP contribution in [0.5, 0.6) is 0 Å². The fraction of sp³-hybridized carbons (Fsp3) is 0.222. The van der Waals surface area contributed by atoms with Gasteiger partial charge in [-0.1, -0.05) is 36.1 Å². The van der Waals surface area contributed by atoms with E-state index in [0.29, 0.717) is 52.6 Å². The third-order valence-electron chi connectivity index (χ3n) is 4.08. The number of thioether (sulfide) groups is 1. The Hall–Kier alpha value is -2.00. The molecule has 0 aliphatic carbocycles. The zero-order chi connectivity index (χ0) is 18.1. The molecule has 26 heavy (non-hydrogen) atoms. The zero-order valence-electron chi connectivity index (χ0n) is 13.7. The lowest BCUT2D eigenvalue weighted by Gasteiger charge is -2.33. The quantitative estimate of drug-likeness (QED) is 0.590. The fourth-order valence-electron chi connectivity index (χ4n) is 2.82. The Morgan fingerprint density at radius 1 is 1.15 bits per heavy atom. The summed E-state index contributed by atoms with van der Waals surface area (Å²) in [5.74, 6) is 0.363. The summed E-state index contributed by atoms with van der Waals surface area (Å²) in [7, 11) is 0. The van der Waals surface area contributed by atoms with Crippen LogP contribution in [0.25, 0.3) is 17.4 Å². The van der Waals surface area contributed by atoms with Gasteiger partial charge in [0.1, 0.15) is 17.3 Å². The van der Waals surface area contributed by atoms with E-state index in [2.05, 4.69) is 0 Å². The first-order valence-corrected chi connectivity index (χ1v) is 9.31. The molecule has 4 rings (SSSR count). The number of thiocarbonyl (C=S) groups is 1. The van der Waals surface area contributed by atoms with Crippen molar-refractivity contribution in [1.82, 2.24) is 10.0 Å². The molecule has 0 unspecified atom stereocenters. The van der Waals surface area contributed by atoms with Gasteiger partial charge < -0.3 is 9.15 Å². The van der Waals surface area contributed by atoms with Gasteiger partial charge >= 0.3 is 0 Å². The van der Waals surface area contributed by atoms with E-state index < -0.39 is 0 Å². The van der Waals surface area contributed by atoms with Crippen molar-refractivity contribution < 1.29 is 18.3 Å². The maximum atomic E-state index is 13.9. The van der Waals surface area contributed by atoms with Crippen LogP contribution in [-0.2, 0) is 9.53 Å². The number of rotatable bonds is 3. The molecular formula is C18H15FN2O3S2. The number of carbonyl (C=O) groups excluding carboxylic acids is 1. The van der Waals surface area contributed by atoms with Gasteiger partial charge in [-0.15, -0.1) is 0 Å². The molecule has 0 radical (unpaired) electrons. The number of hydrogen-bond donors (Lipinski definition) is 0. The first kappa shape index (κ1) is 17.4. The van der Waals surface area contributed by atoms with Gasteiger partial charge in [-0.2, -0.15) is 0 Å². The molecule has 3 heterocycles. The van der Waals surface area contributed by atoms with Crippen molar-refractivity contribution in [3.05, 3.63) is 52.9 Å². The number of nitrogens with zero attached hydrogens (tertiary/aromatic N) is 2. The van der Waals surface area contributed by atoms with Crippen molar-refractivity contribution in [1.29, 1.82) is 0 Å². The summed E-state index contributed by atoms with van der Waals surface area (Å²) in [5, 5.41) is 3.42. The summed E-state index contributed by atoms with van der Waals surface area (Å²) >= 11 is 6.59. The number of amides is 1. The van der Waals surface area contributed by atoms with Crippen molar-refractivity contribution in [3.8, 4) is 11.3 Å². The molecule has 1 aromatic carbocycles. The summed E-state index contributed by atoms with van der Waals surface area (Å²) in [5.41, 5.74) is 0.382. The Kier molecular flexibility index (Phi) is 4.90. The van der Waals surface area contributed by atoms with Crippen molar-refractivity contribution in [2.24, 2.45) is 0 Å². The highest BCUT2D eigenvalue weighted by atomic mass is 32.2. The van der Waals surface area contributed by atoms with E-state index in [1.54, 1.807) is 36.4 Å². The molecule has 5 nitrogen and oxygen atoms in total. The SMILES string of the molecule is O=C1C(=Cc2ccc(-c3ccccc3F)o2)SC(=S)N1N1CCOCC1. The summed E-state index contributed by atoms with van der Waals surface area (Å²) < 4.78 is 25.4. The maximum Gasteiger partial charge on any atom is 0.281 e. The van der Waals surface area contributed by atoms with E-state index in [9.17, 15) is 9.18 Å². The number of ether oxygens (including phenoxy) is 1. The van der Waals surface area contributed by atoms with Crippen molar-refractivity contribution >= 4 is 40.3 Å². The molecule has 1 aromatic heterocycles. The summed E-state index contributed by atoms with van der Waals surface area (Å²) in [6, 6.07) is 9.80. The molecule has 2 aliphatic rings. The van der Waals surface area contributed by atoms with Crippen molar-refractivity contribution in [3.63, 3.8) is 0 Å². The summed E-state index contributed by atoms with van der Waals surface area (Å²) in [4.78, 5) is 13.2. The van der Waals surface area contributed by atoms with E-state index in [1.165, 1.54) is 22.8 Å². The average Bonchev–Trinajstić information content (AvgIpc) is 3.21.